The lowest BCUT2D eigenvalue weighted by Crippen LogP contribution is -2.61. The van der Waals surface area contributed by atoms with Gasteiger partial charge in [0.2, 0.25) is 17.6 Å². The molecule has 15 nitrogen and oxygen atoms in total. The van der Waals surface area contributed by atoms with Crippen LogP contribution in [0.4, 0.5) is 10.1 Å². The summed E-state index contributed by atoms with van der Waals surface area (Å²) in [7, 11) is 0. The van der Waals surface area contributed by atoms with Gasteiger partial charge in [-0.15, -0.1) is 5.10 Å². The molecule has 3 aromatic rings. The van der Waals surface area contributed by atoms with Crippen molar-refractivity contribution in [3.8, 4) is 11.8 Å². The lowest BCUT2D eigenvalue weighted by molar-refractivity contribution is -0.136. The van der Waals surface area contributed by atoms with Crippen molar-refractivity contribution < 1.29 is 33.1 Å². The molecule has 1 aromatic heterocycles. The second-order valence-electron chi connectivity index (χ2n) is 17.5. The van der Waals surface area contributed by atoms with Gasteiger partial charge in [0.25, 0.3) is 17.7 Å². The molecule has 5 heterocycles. The molecule has 1 atom stereocenters. The van der Waals surface area contributed by atoms with Gasteiger partial charge in [0.15, 0.2) is 0 Å². The Balaban J connectivity index is 0.696. The van der Waals surface area contributed by atoms with Gasteiger partial charge in [-0.2, -0.15) is 5.26 Å². The van der Waals surface area contributed by atoms with Crippen molar-refractivity contribution in [3.05, 3.63) is 70.0 Å². The molecule has 5 amide bonds. The maximum Gasteiger partial charge on any atom is 0.291 e. The molecule has 17 heteroatoms. The minimum absolute atomic E-state index is 0.0134. The average molecular weight is 840 g/mol. The van der Waals surface area contributed by atoms with Gasteiger partial charge in [0.1, 0.15) is 30.0 Å². The van der Waals surface area contributed by atoms with Crippen LogP contribution in [0.3, 0.4) is 0 Å². The molecule has 4 aliphatic heterocycles. The summed E-state index contributed by atoms with van der Waals surface area (Å²) in [6.45, 7) is 4.32. The zero-order chi connectivity index (χ0) is 41.7. The van der Waals surface area contributed by atoms with E-state index < -0.39 is 35.5 Å². The van der Waals surface area contributed by atoms with E-state index in [1.54, 1.807) is 24.5 Å². The minimum atomic E-state index is -1.09. The number of halogens is 2. The number of carbonyl (C=O) groups is 5. The first-order valence-corrected chi connectivity index (χ1v) is 21.4. The molecule has 5 fully saturated rings. The number of likely N-dealkylation sites (tertiary alicyclic amines) is 1. The van der Waals surface area contributed by atoms with Crippen molar-refractivity contribution in [1.29, 1.82) is 5.26 Å². The van der Waals surface area contributed by atoms with Crippen LogP contribution in [0.1, 0.15) is 120 Å². The zero-order valence-corrected chi connectivity index (χ0v) is 34.0. The summed E-state index contributed by atoms with van der Waals surface area (Å²) in [5.74, 6) is -1.91. The van der Waals surface area contributed by atoms with Crippen LogP contribution in [-0.2, 0) is 9.59 Å². The standard InChI is InChI=1S/C43H47ClFN9O6/c44-33-17-30(8-3-26(33)20-46)60-29-9-4-27(5-10-29)48-40(57)38-47-24-53(50-38)28-6-1-25(2-7-28)21-51-15-13-43(14-16-51)22-52(23-43)36-19-32-31(18-34(36)45)41(58)54(42(32)59)35-11-12-37(55)49-39(35)56/h3,8,17-19,24-25,27-29,35H,1-2,4-7,9-16,21-23H2,(H,48,57)(H,49,55,56)/t25-,27-,28-,29-,35?. The number of nitrogens with one attached hydrogen (secondary N) is 2. The Hall–Kier alpha value is -5.40. The van der Waals surface area contributed by atoms with Gasteiger partial charge in [-0.3, -0.25) is 34.2 Å². The third-order valence-electron chi connectivity index (χ3n) is 13.6. The highest BCUT2D eigenvalue weighted by molar-refractivity contribution is 6.31. The Kier molecular flexibility index (Phi) is 10.8. The number of benzene rings is 2. The molecule has 1 spiro atoms. The highest BCUT2D eigenvalue weighted by Gasteiger charge is 2.48. The Morgan fingerprint density at radius 3 is 2.37 bits per heavy atom. The number of carbonyl (C=O) groups excluding carboxylic acids is 5. The van der Waals surface area contributed by atoms with E-state index in [4.69, 9.17) is 21.6 Å². The first-order chi connectivity index (χ1) is 29.0. The maximum atomic E-state index is 15.4. The number of aromatic nitrogens is 3. The molecule has 2 aromatic carbocycles. The second-order valence-corrected chi connectivity index (χ2v) is 17.9. The summed E-state index contributed by atoms with van der Waals surface area (Å²) in [6.07, 6.45) is 11.0. The third kappa shape index (κ3) is 7.85. The smallest absolute Gasteiger partial charge is 0.291 e. The summed E-state index contributed by atoms with van der Waals surface area (Å²) in [4.78, 5) is 73.3. The number of piperidine rings is 2. The van der Waals surface area contributed by atoms with Crippen molar-refractivity contribution in [1.82, 2.24) is 35.2 Å². The van der Waals surface area contributed by atoms with E-state index in [0.29, 0.717) is 41.0 Å². The number of ether oxygens (including phenoxy) is 1. The lowest BCUT2D eigenvalue weighted by Gasteiger charge is -2.55. The van der Waals surface area contributed by atoms with Gasteiger partial charge in [-0.1, -0.05) is 11.6 Å². The van der Waals surface area contributed by atoms with Crippen LogP contribution in [-0.4, -0.2) is 105 Å². The molecule has 2 saturated carbocycles. The van der Waals surface area contributed by atoms with Gasteiger partial charge in [-0.25, -0.2) is 14.1 Å². The number of nitriles is 1. The number of anilines is 1. The molecule has 0 radical (unpaired) electrons. The van der Waals surface area contributed by atoms with Crippen molar-refractivity contribution in [2.75, 3.05) is 37.6 Å². The number of amides is 5. The fourth-order valence-corrected chi connectivity index (χ4v) is 10.3. The highest BCUT2D eigenvalue weighted by atomic mass is 35.5. The largest absolute Gasteiger partial charge is 0.490 e. The zero-order valence-electron chi connectivity index (χ0n) is 33.2. The first kappa shape index (κ1) is 40.0. The van der Waals surface area contributed by atoms with E-state index in [1.165, 1.54) is 6.07 Å². The van der Waals surface area contributed by atoms with Gasteiger partial charge >= 0.3 is 0 Å². The summed E-state index contributed by atoms with van der Waals surface area (Å²) in [6, 6.07) is 8.83. The number of rotatable bonds is 9. The summed E-state index contributed by atoms with van der Waals surface area (Å²) >= 11 is 6.15. The van der Waals surface area contributed by atoms with Crippen molar-refractivity contribution in [2.45, 2.75) is 101 Å². The molecule has 1 unspecified atom stereocenters. The Labute approximate surface area is 351 Å². The van der Waals surface area contributed by atoms with E-state index >= 15 is 4.39 Å². The fourth-order valence-electron chi connectivity index (χ4n) is 10.1. The molecule has 0 bridgehead atoms. The fraction of sp³-hybridized carbons (Fsp3) is 0.535. The van der Waals surface area contributed by atoms with Crippen LogP contribution >= 0.6 is 11.6 Å². The first-order valence-electron chi connectivity index (χ1n) is 21.1. The SMILES string of the molecule is N#Cc1ccc(O[C@H]2CC[C@H](NC(=O)c3ncn([C@H]4CC[C@H](CN5CCC6(CC5)CN(c5cc7c(cc5F)C(=O)N(C5CCC(=O)NC5=O)C7=O)C6)CC4)n3)CC2)cc1Cl. The number of nitrogens with zero attached hydrogens (tertiary/aromatic N) is 7. The number of fused-ring (bicyclic) bond motifs is 1. The number of hydrogen-bond donors (Lipinski definition) is 2. The molecular formula is C43H47ClFN9O6. The molecule has 6 aliphatic rings. The van der Waals surface area contributed by atoms with E-state index in [9.17, 15) is 24.0 Å². The normalized spacial score (nSPS) is 26.6. The topological polar surface area (TPSA) is 183 Å². The van der Waals surface area contributed by atoms with Gasteiger partial charge < -0.3 is 19.9 Å². The Morgan fingerprint density at radius 1 is 0.967 bits per heavy atom. The molecule has 9 rings (SSSR count). The number of hydrogen-bond acceptors (Lipinski definition) is 11. The number of imide groups is 2. The van der Waals surface area contributed by atoms with Crippen molar-refractivity contribution >= 4 is 46.8 Å². The van der Waals surface area contributed by atoms with E-state index in [-0.39, 0.29) is 59.3 Å². The molecule has 60 heavy (non-hydrogen) atoms. The monoisotopic (exact) mass is 839 g/mol. The van der Waals surface area contributed by atoms with Crippen molar-refractivity contribution in [3.63, 3.8) is 0 Å². The lowest BCUT2D eigenvalue weighted by atomic mass is 9.71. The Morgan fingerprint density at radius 2 is 1.68 bits per heavy atom. The van der Waals surface area contributed by atoms with E-state index in [1.807, 2.05) is 9.58 Å². The minimum Gasteiger partial charge on any atom is -0.490 e. The summed E-state index contributed by atoms with van der Waals surface area (Å²) in [5, 5.41) is 19.3. The van der Waals surface area contributed by atoms with Crippen LogP contribution in [0.25, 0.3) is 0 Å². The molecule has 3 saturated heterocycles. The molecule has 314 valence electrons. The van der Waals surface area contributed by atoms with Crippen LogP contribution < -0.4 is 20.3 Å². The summed E-state index contributed by atoms with van der Waals surface area (Å²) in [5.41, 5.74) is 0.818. The Bertz CT molecular complexity index is 2260. The third-order valence-corrected chi connectivity index (χ3v) is 13.9. The molecular weight excluding hydrogens is 793 g/mol. The summed E-state index contributed by atoms with van der Waals surface area (Å²) < 4.78 is 23.4. The molecule has 2 N–H and O–H groups in total. The predicted octanol–water partition coefficient (Wildman–Crippen LogP) is 4.80. The molecule has 2 aliphatic carbocycles. The van der Waals surface area contributed by atoms with Crippen molar-refractivity contribution in [2.24, 2.45) is 11.3 Å². The van der Waals surface area contributed by atoms with Gasteiger partial charge in [0.05, 0.1) is 39.5 Å². The predicted molar refractivity (Wildman–Crippen MR) is 215 cm³/mol. The average Bonchev–Trinajstić information content (AvgIpc) is 3.81. The van der Waals surface area contributed by atoms with Crippen LogP contribution in [0.2, 0.25) is 5.02 Å². The highest BCUT2D eigenvalue weighted by Crippen LogP contribution is 2.45. The van der Waals surface area contributed by atoms with E-state index in [2.05, 4.69) is 31.7 Å². The van der Waals surface area contributed by atoms with Gasteiger partial charge in [-0.05, 0) is 114 Å². The van der Waals surface area contributed by atoms with Gasteiger partial charge in [0, 0.05) is 43.6 Å². The second kappa shape index (κ2) is 16.2. The maximum absolute atomic E-state index is 15.4. The van der Waals surface area contributed by atoms with Crippen LogP contribution in [0.15, 0.2) is 36.7 Å². The van der Waals surface area contributed by atoms with E-state index in [0.717, 1.165) is 94.8 Å². The quantitative estimate of drug-likeness (QED) is 0.283. The van der Waals surface area contributed by atoms with Crippen LogP contribution in [0, 0.1) is 28.5 Å². The van der Waals surface area contributed by atoms with Crippen LogP contribution in [0.5, 0.6) is 5.75 Å².